The fourth-order valence-corrected chi connectivity index (χ4v) is 5.35. The molecule has 0 unspecified atom stereocenters. The highest BCUT2D eigenvalue weighted by molar-refractivity contribution is 6.20. The Balaban J connectivity index is 1.89. The fourth-order valence-electron chi connectivity index (χ4n) is 5.35. The van der Waals surface area contributed by atoms with E-state index in [0.29, 0.717) is 50.1 Å². The van der Waals surface area contributed by atoms with Crippen LogP contribution in [0.1, 0.15) is 46.5 Å². The quantitative estimate of drug-likeness (QED) is 0.301. The van der Waals surface area contributed by atoms with Gasteiger partial charge in [0.2, 0.25) is 5.78 Å². The summed E-state index contributed by atoms with van der Waals surface area (Å²) in [6.07, 6.45) is 0. The summed E-state index contributed by atoms with van der Waals surface area (Å²) in [4.78, 5) is 13.7. The topological polar surface area (TPSA) is 116 Å². The zero-order chi connectivity index (χ0) is 26.1. The molecule has 0 aromatic heterocycles. The zero-order valence-corrected chi connectivity index (χ0v) is 20.6. The van der Waals surface area contributed by atoms with E-state index in [4.69, 9.17) is 9.47 Å². The Morgan fingerprint density at radius 2 is 1.31 bits per heavy atom. The zero-order valence-electron chi connectivity index (χ0n) is 20.6. The maximum atomic E-state index is 13.7. The molecule has 0 saturated heterocycles. The van der Waals surface area contributed by atoms with Gasteiger partial charge in [-0.15, -0.1) is 0 Å². The highest BCUT2D eigenvalue weighted by Gasteiger charge is 2.41. The summed E-state index contributed by atoms with van der Waals surface area (Å²) >= 11 is 0. The predicted molar refractivity (Wildman–Crippen MR) is 136 cm³/mol. The number of rotatable bonds is 3. The number of benzene rings is 4. The van der Waals surface area contributed by atoms with E-state index >= 15 is 0 Å². The standard InChI is InChI=1S/C29H26O7/c1-13-6-16(35-4)11-21(31)23(13)18-9-15(30)7-14-8-19-26(27(33)24(14)18)28(34)25-20(29(19,2)3)10-17(36-5)12-22(25)32/h6-12,30-33H,1-5H3. The van der Waals surface area contributed by atoms with Crippen molar-refractivity contribution in [2.75, 3.05) is 14.2 Å². The monoisotopic (exact) mass is 486 g/mol. The van der Waals surface area contributed by atoms with Crippen molar-refractivity contribution in [3.63, 3.8) is 0 Å². The molecular weight excluding hydrogens is 460 g/mol. The minimum Gasteiger partial charge on any atom is -0.508 e. The van der Waals surface area contributed by atoms with Gasteiger partial charge >= 0.3 is 0 Å². The van der Waals surface area contributed by atoms with E-state index in [9.17, 15) is 25.2 Å². The fraction of sp³-hybridized carbons (Fsp3) is 0.207. The molecule has 0 spiro atoms. The third kappa shape index (κ3) is 3.16. The van der Waals surface area contributed by atoms with Gasteiger partial charge in [0.15, 0.2) is 0 Å². The largest absolute Gasteiger partial charge is 0.508 e. The Morgan fingerprint density at radius 3 is 1.92 bits per heavy atom. The predicted octanol–water partition coefficient (Wildman–Crippen LogP) is 5.53. The summed E-state index contributed by atoms with van der Waals surface area (Å²) < 4.78 is 10.5. The van der Waals surface area contributed by atoms with Crippen molar-refractivity contribution in [1.29, 1.82) is 0 Å². The van der Waals surface area contributed by atoms with Gasteiger partial charge in [-0.2, -0.15) is 0 Å². The van der Waals surface area contributed by atoms with Gasteiger partial charge < -0.3 is 29.9 Å². The summed E-state index contributed by atoms with van der Waals surface area (Å²) in [5.41, 5.74) is 1.90. The van der Waals surface area contributed by atoms with Crippen molar-refractivity contribution in [3.8, 4) is 45.6 Å². The maximum absolute atomic E-state index is 13.7. The molecule has 0 atom stereocenters. The molecule has 0 radical (unpaired) electrons. The van der Waals surface area contributed by atoms with Crippen LogP contribution in [0.3, 0.4) is 0 Å². The highest BCUT2D eigenvalue weighted by Crippen LogP contribution is 2.52. The lowest BCUT2D eigenvalue weighted by Gasteiger charge is -2.35. The SMILES string of the molecule is COc1cc(C)c(-c2cc(O)cc3cc4c(c(O)c23)C(=O)c2c(O)cc(OC)cc2C4(C)C)c(O)c1. The number of phenolic OH excluding ortho intramolecular Hbond substituents is 4. The molecule has 1 aliphatic rings. The number of carbonyl (C=O) groups excluding carboxylic acids is 1. The third-order valence-corrected chi connectivity index (χ3v) is 7.12. The van der Waals surface area contributed by atoms with Crippen LogP contribution in [-0.4, -0.2) is 40.4 Å². The van der Waals surface area contributed by atoms with Gasteiger partial charge in [0.25, 0.3) is 0 Å². The van der Waals surface area contributed by atoms with E-state index in [1.807, 2.05) is 13.8 Å². The van der Waals surface area contributed by atoms with Crippen LogP contribution in [0.25, 0.3) is 21.9 Å². The van der Waals surface area contributed by atoms with Crippen molar-refractivity contribution in [1.82, 2.24) is 0 Å². The molecule has 5 rings (SSSR count). The summed E-state index contributed by atoms with van der Waals surface area (Å²) in [6.45, 7) is 5.56. The lowest BCUT2D eigenvalue weighted by atomic mass is 9.67. The van der Waals surface area contributed by atoms with E-state index in [1.165, 1.54) is 38.5 Å². The van der Waals surface area contributed by atoms with Gasteiger partial charge in [-0.1, -0.05) is 13.8 Å². The van der Waals surface area contributed by atoms with Gasteiger partial charge in [-0.05, 0) is 59.3 Å². The van der Waals surface area contributed by atoms with E-state index in [-0.39, 0.29) is 34.1 Å². The van der Waals surface area contributed by atoms with Gasteiger partial charge in [0.05, 0.1) is 25.3 Å². The maximum Gasteiger partial charge on any atom is 0.201 e. The van der Waals surface area contributed by atoms with Crippen LogP contribution in [0, 0.1) is 6.92 Å². The Morgan fingerprint density at radius 1 is 0.722 bits per heavy atom. The van der Waals surface area contributed by atoms with Crippen molar-refractivity contribution in [3.05, 3.63) is 70.3 Å². The second-order valence-corrected chi connectivity index (χ2v) is 9.60. The Bertz CT molecular complexity index is 1580. The molecule has 184 valence electrons. The number of methoxy groups -OCH3 is 2. The summed E-state index contributed by atoms with van der Waals surface area (Å²) in [5, 5.41) is 44.6. The van der Waals surface area contributed by atoms with Gasteiger partial charge in [-0.3, -0.25) is 4.79 Å². The molecule has 1 aliphatic carbocycles. The van der Waals surface area contributed by atoms with Gasteiger partial charge in [0.1, 0.15) is 34.5 Å². The lowest BCUT2D eigenvalue weighted by Crippen LogP contribution is -2.30. The first-order valence-corrected chi connectivity index (χ1v) is 11.4. The first kappa shape index (κ1) is 23.4. The number of phenols is 4. The molecule has 7 heteroatoms. The number of ether oxygens (including phenoxy) is 2. The van der Waals surface area contributed by atoms with Crippen LogP contribution < -0.4 is 9.47 Å². The van der Waals surface area contributed by atoms with Gasteiger partial charge in [0, 0.05) is 34.1 Å². The number of aromatic hydroxyl groups is 4. The second kappa shape index (κ2) is 7.81. The molecule has 0 amide bonds. The average Bonchev–Trinajstić information content (AvgIpc) is 2.81. The molecule has 0 saturated carbocycles. The van der Waals surface area contributed by atoms with Crippen molar-refractivity contribution in [2.45, 2.75) is 26.2 Å². The first-order valence-electron chi connectivity index (χ1n) is 11.4. The average molecular weight is 487 g/mol. The Kier molecular flexibility index (Phi) is 5.07. The smallest absolute Gasteiger partial charge is 0.201 e. The molecule has 0 bridgehead atoms. The van der Waals surface area contributed by atoms with E-state index < -0.39 is 11.2 Å². The lowest BCUT2D eigenvalue weighted by molar-refractivity contribution is 0.102. The Labute approximate surface area is 207 Å². The molecule has 4 aromatic carbocycles. The van der Waals surface area contributed by atoms with Crippen LogP contribution in [0.4, 0.5) is 0 Å². The number of carbonyl (C=O) groups is 1. The summed E-state index contributed by atoms with van der Waals surface area (Å²) in [6, 6.07) is 11.0. The van der Waals surface area contributed by atoms with Crippen LogP contribution in [-0.2, 0) is 5.41 Å². The number of ketones is 1. The van der Waals surface area contributed by atoms with E-state index in [0.717, 1.165) is 0 Å². The molecular formula is C29H26O7. The minimum atomic E-state index is -0.792. The molecule has 4 aromatic rings. The van der Waals surface area contributed by atoms with E-state index in [2.05, 4.69) is 0 Å². The van der Waals surface area contributed by atoms with Crippen LogP contribution in [0.5, 0.6) is 34.5 Å². The highest BCUT2D eigenvalue weighted by atomic mass is 16.5. The molecule has 0 aliphatic heterocycles. The molecule has 0 heterocycles. The summed E-state index contributed by atoms with van der Waals surface area (Å²) in [5.74, 6) is -0.337. The molecule has 7 nitrogen and oxygen atoms in total. The van der Waals surface area contributed by atoms with Crippen LogP contribution in [0.15, 0.2) is 42.5 Å². The van der Waals surface area contributed by atoms with Gasteiger partial charge in [-0.25, -0.2) is 0 Å². The third-order valence-electron chi connectivity index (χ3n) is 7.12. The first-order chi connectivity index (χ1) is 17.0. The number of aryl methyl sites for hydroxylation is 1. The number of fused-ring (bicyclic) bond motifs is 3. The minimum absolute atomic E-state index is 0.0638. The summed E-state index contributed by atoms with van der Waals surface area (Å²) in [7, 11) is 2.97. The van der Waals surface area contributed by atoms with Crippen LogP contribution in [0.2, 0.25) is 0 Å². The number of hydrogen-bond donors (Lipinski definition) is 4. The molecule has 4 N–H and O–H groups in total. The van der Waals surface area contributed by atoms with Crippen LogP contribution >= 0.6 is 0 Å². The number of hydrogen-bond acceptors (Lipinski definition) is 7. The second-order valence-electron chi connectivity index (χ2n) is 9.60. The molecule has 0 fully saturated rings. The van der Waals surface area contributed by atoms with E-state index in [1.54, 1.807) is 25.1 Å². The van der Waals surface area contributed by atoms with Crippen molar-refractivity contribution < 1.29 is 34.7 Å². The normalized spacial score (nSPS) is 13.9. The molecule has 36 heavy (non-hydrogen) atoms. The van der Waals surface area contributed by atoms with Crippen molar-refractivity contribution in [2.24, 2.45) is 0 Å². The van der Waals surface area contributed by atoms with Crippen molar-refractivity contribution >= 4 is 16.6 Å². The Hall–Kier alpha value is -4.39.